The molecule has 0 spiro atoms. The zero-order valence-corrected chi connectivity index (χ0v) is 31.1. The van der Waals surface area contributed by atoms with Crippen molar-refractivity contribution in [2.24, 2.45) is 9.98 Å². The van der Waals surface area contributed by atoms with Crippen LogP contribution < -0.4 is 5.32 Å². The van der Waals surface area contributed by atoms with E-state index in [9.17, 15) is 0 Å². The van der Waals surface area contributed by atoms with Crippen LogP contribution in [0, 0.1) is 0 Å². The lowest BCUT2D eigenvalue weighted by Crippen LogP contribution is -2.33. The molecule has 1 aliphatic rings. The van der Waals surface area contributed by atoms with Gasteiger partial charge in [-0.2, -0.15) is 0 Å². The van der Waals surface area contributed by atoms with Gasteiger partial charge in [-0.25, -0.2) is 9.98 Å². The van der Waals surface area contributed by atoms with Gasteiger partial charge in [0, 0.05) is 37.4 Å². The molecule has 1 N–H and O–H groups in total. The third-order valence-electron chi connectivity index (χ3n) is 10.9. The predicted molar refractivity (Wildman–Crippen MR) is 236 cm³/mol. The van der Waals surface area contributed by atoms with Crippen LogP contribution in [-0.4, -0.2) is 16.2 Å². The Morgan fingerprint density at radius 1 is 0.464 bits per heavy atom. The van der Waals surface area contributed by atoms with E-state index in [-0.39, 0.29) is 6.17 Å². The van der Waals surface area contributed by atoms with Crippen molar-refractivity contribution in [1.29, 1.82) is 0 Å². The summed E-state index contributed by atoms with van der Waals surface area (Å²) in [7, 11) is 0. The zero-order valence-electron chi connectivity index (χ0n) is 30.3. The smallest absolute Gasteiger partial charge is 0.160 e. The molecule has 2 aromatic heterocycles. The van der Waals surface area contributed by atoms with E-state index >= 15 is 0 Å². The minimum Gasteiger partial charge on any atom is -0.344 e. The summed E-state index contributed by atoms with van der Waals surface area (Å²) in [4.78, 5) is 10.6. The number of hydrogen-bond donors (Lipinski definition) is 1. The molecule has 56 heavy (non-hydrogen) atoms. The van der Waals surface area contributed by atoms with Crippen LogP contribution in [0.4, 0.5) is 0 Å². The van der Waals surface area contributed by atoms with E-state index in [1.807, 2.05) is 23.5 Å². The second-order valence-corrected chi connectivity index (χ2v) is 15.2. The Morgan fingerprint density at radius 3 is 1.86 bits per heavy atom. The van der Waals surface area contributed by atoms with E-state index in [4.69, 9.17) is 9.98 Å². The van der Waals surface area contributed by atoms with Gasteiger partial charge in [0.05, 0.1) is 21.4 Å². The monoisotopic (exact) mass is 734 g/mol. The molecule has 1 aliphatic heterocycles. The van der Waals surface area contributed by atoms with Crippen LogP contribution in [0.3, 0.4) is 0 Å². The van der Waals surface area contributed by atoms with Gasteiger partial charge in [-0.1, -0.05) is 164 Å². The van der Waals surface area contributed by atoms with Gasteiger partial charge in [0.2, 0.25) is 0 Å². The van der Waals surface area contributed by atoms with Crippen LogP contribution in [0.2, 0.25) is 0 Å². The molecule has 10 aromatic rings. The third kappa shape index (κ3) is 5.36. The number of aromatic nitrogens is 1. The summed E-state index contributed by atoms with van der Waals surface area (Å²) in [6.07, 6.45) is -0.290. The number of hydrogen-bond acceptors (Lipinski definition) is 4. The van der Waals surface area contributed by atoms with Crippen LogP contribution in [0.1, 0.15) is 22.9 Å². The van der Waals surface area contributed by atoms with Crippen LogP contribution in [0.25, 0.3) is 69.9 Å². The van der Waals surface area contributed by atoms with E-state index in [0.29, 0.717) is 0 Å². The van der Waals surface area contributed by atoms with Gasteiger partial charge < -0.3 is 9.88 Å². The molecular weight excluding hydrogens is 701 g/mol. The highest BCUT2D eigenvalue weighted by Gasteiger charge is 2.25. The van der Waals surface area contributed by atoms with E-state index < -0.39 is 0 Å². The standard InChI is InChI=1S/C51H34N4S/c1-5-16-33(17-6-1)37-28-31-44-42(32-37)39-24-13-14-26-43(39)55(44)45-27-15-25-40-46-41(30-29-38(48(46)56-47(40)45)34-18-7-2-8-19-34)51-53-49(35-20-9-3-10-21-35)52-50(54-51)36-22-11-4-12-23-36/h1-32,49H,(H,52,53,54). The second kappa shape index (κ2) is 13.3. The lowest BCUT2D eigenvalue weighted by atomic mass is 9.97. The molecule has 8 aromatic carbocycles. The summed E-state index contributed by atoms with van der Waals surface area (Å²) in [5.74, 6) is 1.53. The van der Waals surface area contributed by atoms with Crippen molar-refractivity contribution >= 4 is 65.0 Å². The molecule has 0 radical (unpaired) electrons. The van der Waals surface area contributed by atoms with E-state index in [0.717, 1.165) is 34.0 Å². The summed E-state index contributed by atoms with van der Waals surface area (Å²) in [6.45, 7) is 0. The Balaban J connectivity index is 1.18. The first-order valence-corrected chi connectivity index (χ1v) is 19.8. The molecule has 0 bridgehead atoms. The Morgan fingerprint density at radius 2 is 1.09 bits per heavy atom. The minimum absolute atomic E-state index is 0.290. The summed E-state index contributed by atoms with van der Waals surface area (Å²) in [5.41, 5.74) is 11.5. The Hall–Kier alpha value is -7.08. The van der Waals surface area contributed by atoms with Crippen molar-refractivity contribution in [3.05, 3.63) is 211 Å². The fourth-order valence-corrected chi connectivity index (χ4v) is 9.62. The van der Waals surface area contributed by atoms with Crippen molar-refractivity contribution in [2.45, 2.75) is 6.17 Å². The molecule has 0 saturated heterocycles. The maximum absolute atomic E-state index is 5.34. The maximum atomic E-state index is 5.34. The first-order valence-electron chi connectivity index (χ1n) is 18.9. The van der Waals surface area contributed by atoms with Crippen molar-refractivity contribution in [2.75, 3.05) is 0 Å². The van der Waals surface area contributed by atoms with Gasteiger partial charge in [-0.15, -0.1) is 11.3 Å². The average Bonchev–Trinajstić information content (AvgIpc) is 3.83. The topological polar surface area (TPSA) is 41.7 Å². The van der Waals surface area contributed by atoms with Crippen molar-refractivity contribution in [1.82, 2.24) is 9.88 Å². The zero-order chi connectivity index (χ0) is 37.0. The van der Waals surface area contributed by atoms with Crippen LogP contribution >= 0.6 is 11.3 Å². The molecule has 1 atom stereocenters. The molecule has 0 aliphatic carbocycles. The largest absolute Gasteiger partial charge is 0.344 e. The quantitative estimate of drug-likeness (QED) is 0.182. The highest BCUT2D eigenvalue weighted by atomic mass is 32.1. The maximum Gasteiger partial charge on any atom is 0.160 e. The van der Waals surface area contributed by atoms with Crippen molar-refractivity contribution in [3.8, 4) is 27.9 Å². The fourth-order valence-electron chi connectivity index (χ4n) is 8.26. The summed E-state index contributed by atoms with van der Waals surface area (Å²) in [5, 5.41) is 8.48. The van der Waals surface area contributed by atoms with Crippen LogP contribution in [0.15, 0.2) is 204 Å². The minimum atomic E-state index is -0.290. The van der Waals surface area contributed by atoms with Gasteiger partial charge in [0.15, 0.2) is 5.84 Å². The second-order valence-electron chi connectivity index (χ2n) is 14.2. The number of rotatable bonds is 6. The number of aliphatic imine (C=N–C) groups is 2. The van der Waals surface area contributed by atoms with Gasteiger partial charge in [-0.05, 0) is 58.1 Å². The van der Waals surface area contributed by atoms with Crippen molar-refractivity contribution in [3.63, 3.8) is 0 Å². The molecule has 11 rings (SSSR count). The van der Waals surface area contributed by atoms with E-state index in [2.05, 4.69) is 192 Å². The molecule has 0 saturated carbocycles. The van der Waals surface area contributed by atoms with Gasteiger partial charge in [0.1, 0.15) is 12.0 Å². The number of para-hydroxylation sites is 1. The summed E-state index contributed by atoms with van der Waals surface area (Å²) >= 11 is 1.86. The van der Waals surface area contributed by atoms with Crippen LogP contribution in [0.5, 0.6) is 0 Å². The molecule has 264 valence electrons. The molecule has 0 amide bonds. The number of amidine groups is 2. The highest BCUT2D eigenvalue weighted by Crippen LogP contribution is 2.46. The highest BCUT2D eigenvalue weighted by molar-refractivity contribution is 7.26. The normalized spacial score (nSPS) is 14.2. The van der Waals surface area contributed by atoms with E-state index in [1.54, 1.807) is 0 Å². The summed E-state index contributed by atoms with van der Waals surface area (Å²) in [6, 6.07) is 69.1. The molecule has 1 unspecified atom stereocenters. The number of nitrogens with one attached hydrogen (secondary N) is 1. The Labute approximate surface area is 328 Å². The average molecular weight is 735 g/mol. The Bertz CT molecular complexity index is 3140. The molecule has 3 heterocycles. The number of fused-ring (bicyclic) bond motifs is 6. The number of thiophene rings is 1. The third-order valence-corrected chi connectivity index (χ3v) is 12.1. The molecule has 4 nitrogen and oxygen atoms in total. The Kier molecular flexibility index (Phi) is 7.71. The first-order chi connectivity index (χ1) is 27.8. The lowest BCUT2D eigenvalue weighted by Gasteiger charge is -2.24. The number of benzene rings is 8. The lowest BCUT2D eigenvalue weighted by molar-refractivity contribution is 0.674. The molecular formula is C51H34N4S. The van der Waals surface area contributed by atoms with Gasteiger partial charge in [0.25, 0.3) is 0 Å². The van der Waals surface area contributed by atoms with Crippen molar-refractivity contribution < 1.29 is 0 Å². The number of nitrogens with zero attached hydrogens (tertiary/aromatic N) is 3. The molecule has 0 fully saturated rings. The van der Waals surface area contributed by atoms with E-state index in [1.165, 1.54) is 64.2 Å². The first kappa shape index (κ1) is 32.4. The predicted octanol–water partition coefficient (Wildman–Crippen LogP) is 13.0. The van der Waals surface area contributed by atoms with Gasteiger partial charge in [-0.3, -0.25) is 0 Å². The molecule has 5 heteroatoms. The SMILES string of the molecule is c1ccc(C2=NC(c3ccc(-c4ccccc4)c4sc5c(-n6c7ccccc7c7cc(-c8ccccc8)ccc76)cccc5c34)=NC(c3ccccc3)N2)cc1. The van der Waals surface area contributed by atoms with Gasteiger partial charge >= 0.3 is 0 Å². The fraction of sp³-hybridized carbons (Fsp3) is 0.0196. The summed E-state index contributed by atoms with van der Waals surface area (Å²) < 4.78 is 4.90. The van der Waals surface area contributed by atoms with Crippen LogP contribution in [-0.2, 0) is 0 Å².